The van der Waals surface area contributed by atoms with Gasteiger partial charge in [-0.05, 0) is 6.92 Å². The Balaban J connectivity index is 2.48. The van der Waals surface area contributed by atoms with Crippen LogP contribution in [0, 0.1) is 6.92 Å². The zero-order valence-electron chi connectivity index (χ0n) is 7.58. The second-order valence-corrected chi connectivity index (χ2v) is 2.80. The second-order valence-electron chi connectivity index (χ2n) is 2.80. The molecular weight excluding hydrogens is 180 g/mol. The number of nitrogens with zero attached hydrogens (tertiary/aromatic N) is 4. The summed E-state index contributed by atoms with van der Waals surface area (Å²) in [5, 5.41) is 4.13. The first-order chi connectivity index (χ1) is 6.81. The molecule has 0 aliphatic heterocycles. The minimum absolute atomic E-state index is 0.565. The molecule has 5 nitrogen and oxygen atoms in total. The van der Waals surface area contributed by atoms with E-state index in [2.05, 4.69) is 15.1 Å². The number of aldehydes is 1. The van der Waals surface area contributed by atoms with Crippen LogP contribution in [0.25, 0.3) is 5.82 Å². The summed E-state index contributed by atoms with van der Waals surface area (Å²) >= 11 is 0. The van der Waals surface area contributed by atoms with Gasteiger partial charge in [0.1, 0.15) is 0 Å². The summed E-state index contributed by atoms with van der Waals surface area (Å²) in [6, 6.07) is 0. The topological polar surface area (TPSA) is 60.7 Å². The van der Waals surface area contributed by atoms with Gasteiger partial charge in [-0.1, -0.05) is 0 Å². The number of carbonyl (C=O) groups is 1. The number of aryl methyl sites for hydroxylation is 1. The van der Waals surface area contributed by atoms with Crippen molar-refractivity contribution >= 4 is 6.29 Å². The summed E-state index contributed by atoms with van der Waals surface area (Å²) in [6.45, 7) is 1.77. The fourth-order valence-electron chi connectivity index (χ4n) is 1.12. The number of hydrogen-bond acceptors (Lipinski definition) is 4. The van der Waals surface area contributed by atoms with E-state index in [-0.39, 0.29) is 0 Å². The maximum atomic E-state index is 10.6. The lowest BCUT2D eigenvalue weighted by Crippen LogP contribution is -1.98. The SMILES string of the molecule is Cc1nn(-c2cnccn2)cc1C=O. The molecule has 0 N–H and O–H groups in total. The molecule has 5 heteroatoms. The predicted molar refractivity (Wildman–Crippen MR) is 49.3 cm³/mol. The highest BCUT2D eigenvalue weighted by Gasteiger charge is 2.05. The third-order valence-corrected chi connectivity index (χ3v) is 1.85. The van der Waals surface area contributed by atoms with Crippen molar-refractivity contribution in [1.29, 1.82) is 0 Å². The highest BCUT2D eigenvalue weighted by atomic mass is 16.1. The first-order valence-electron chi connectivity index (χ1n) is 4.09. The van der Waals surface area contributed by atoms with Crippen LogP contribution in [-0.4, -0.2) is 26.0 Å². The van der Waals surface area contributed by atoms with E-state index in [1.807, 2.05) is 0 Å². The van der Waals surface area contributed by atoms with Gasteiger partial charge in [0, 0.05) is 18.6 Å². The molecule has 2 rings (SSSR count). The quantitative estimate of drug-likeness (QED) is 0.653. The maximum Gasteiger partial charge on any atom is 0.171 e. The highest BCUT2D eigenvalue weighted by Crippen LogP contribution is 2.06. The molecule has 2 aromatic heterocycles. The molecule has 0 aliphatic rings. The molecule has 0 saturated carbocycles. The van der Waals surface area contributed by atoms with Gasteiger partial charge in [0.25, 0.3) is 0 Å². The largest absolute Gasteiger partial charge is 0.298 e. The van der Waals surface area contributed by atoms with E-state index in [9.17, 15) is 4.79 Å². The normalized spacial score (nSPS) is 10.1. The summed E-state index contributed by atoms with van der Waals surface area (Å²) in [7, 11) is 0. The Labute approximate surface area is 80.4 Å². The summed E-state index contributed by atoms with van der Waals surface area (Å²) < 4.78 is 1.53. The third-order valence-electron chi connectivity index (χ3n) is 1.85. The van der Waals surface area contributed by atoms with Crippen LogP contribution in [0.5, 0.6) is 0 Å². The molecule has 0 spiro atoms. The zero-order valence-corrected chi connectivity index (χ0v) is 7.58. The molecule has 0 amide bonds. The Morgan fingerprint density at radius 3 is 2.86 bits per heavy atom. The third kappa shape index (κ3) is 1.39. The molecule has 2 aromatic rings. The van der Waals surface area contributed by atoms with Crippen LogP contribution in [-0.2, 0) is 0 Å². The van der Waals surface area contributed by atoms with E-state index < -0.39 is 0 Å². The van der Waals surface area contributed by atoms with Crippen LogP contribution in [0.2, 0.25) is 0 Å². The molecule has 0 bridgehead atoms. The molecule has 70 valence electrons. The number of aromatic nitrogens is 4. The summed E-state index contributed by atoms with van der Waals surface area (Å²) in [5.74, 6) is 0.601. The Hall–Kier alpha value is -2.04. The van der Waals surface area contributed by atoms with Gasteiger partial charge in [-0.3, -0.25) is 9.78 Å². The van der Waals surface area contributed by atoms with Crippen LogP contribution in [0.1, 0.15) is 16.1 Å². The van der Waals surface area contributed by atoms with Crippen LogP contribution < -0.4 is 0 Å². The molecule has 0 radical (unpaired) electrons. The fraction of sp³-hybridized carbons (Fsp3) is 0.111. The summed E-state index contributed by atoms with van der Waals surface area (Å²) in [5.41, 5.74) is 1.25. The Bertz CT molecular complexity index is 449. The minimum Gasteiger partial charge on any atom is -0.298 e. The number of rotatable bonds is 2. The van der Waals surface area contributed by atoms with Gasteiger partial charge in [0.2, 0.25) is 0 Å². The fourth-order valence-corrected chi connectivity index (χ4v) is 1.12. The van der Waals surface area contributed by atoms with Gasteiger partial charge in [-0.15, -0.1) is 0 Å². The van der Waals surface area contributed by atoms with Crippen molar-refractivity contribution in [3.05, 3.63) is 36.0 Å². The van der Waals surface area contributed by atoms with Crippen LogP contribution in [0.4, 0.5) is 0 Å². The molecule has 0 unspecified atom stereocenters. The Kier molecular flexibility index (Phi) is 2.06. The average Bonchev–Trinajstić information content (AvgIpc) is 2.61. The van der Waals surface area contributed by atoms with Crippen LogP contribution in [0.15, 0.2) is 24.8 Å². The molecule has 0 aromatic carbocycles. The average molecular weight is 188 g/mol. The van der Waals surface area contributed by atoms with Crippen molar-refractivity contribution in [2.45, 2.75) is 6.92 Å². The first-order valence-corrected chi connectivity index (χ1v) is 4.09. The second kappa shape index (κ2) is 3.37. The van der Waals surface area contributed by atoms with E-state index in [4.69, 9.17) is 0 Å². The van der Waals surface area contributed by atoms with Crippen molar-refractivity contribution in [1.82, 2.24) is 19.7 Å². The van der Waals surface area contributed by atoms with Crippen LogP contribution >= 0.6 is 0 Å². The Morgan fingerprint density at radius 1 is 1.43 bits per heavy atom. The molecule has 14 heavy (non-hydrogen) atoms. The molecule has 0 fully saturated rings. The molecule has 0 aliphatic carbocycles. The summed E-state index contributed by atoms with van der Waals surface area (Å²) in [4.78, 5) is 18.6. The Morgan fingerprint density at radius 2 is 2.29 bits per heavy atom. The van der Waals surface area contributed by atoms with Gasteiger partial charge in [0.05, 0.1) is 17.5 Å². The smallest absolute Gasteiger partial charge is 0.171 e. The lowest BCUT2D eigenvalue weighted by molar-refractivity contribution is 0.112. The van der Waals surface area contributed by atoms with Crippen molar-refractivity contribution in [3.8, 4) is 5.82 Å². The maximum absolute atomic E-state index is 10.6. The lowest BCUT2D eigenvalue weighted by Gasteiger charge is -1.96. The van der Waals surface area contributed by atoms with E-state index in [0.29, 0.717) is 17.1 Å². The molecule has 2 heterocycles. The van der Waals surface area contributed by atoms with Gasteiger partial charge in [-0.2, -0.15) is 5.10 Å². The van der Waals surface area contributed by atoms with Crippen LogP contribution in [0.3, 0.4) is 0 Å². The van der Waals surface area contributed by atoms with Crippen molar-refractivity contribution in [2.24, 2.45) is 0 Å². The van der Waals surface area contributed by atoms with E-state index >= 15 is 0 Å². The van der Waals surface area contributed by atoms with Gasteiger partial charge in [-0.25, -0.2) is 9.67 Å². The van der Waals surface area contributed by atoms with Crippen molar-refractivity contribution in [3.63, 3.8) is 0 Å². The monoisotopic (exact) mass is 188 g/mol. The van der Waals surface area contributed by atoms with Crippen molar-refractivity contribution in [2.75, 3.05) is 0 Å². The predicted octanol–water partition coefficient (Wildman–Crippen LogP) is 0.783. The van der Waals surface area contributed by atoms with Gasteiger partial charge in [0.15, 0.2) is 12.1 Å². The van der Waals surface area contributed by atoms with E-state index in [0.717, 1.165) is 6.29 Å². The minimum atomic E-state index is 0.565. The highest BCUT2D eigenvalue weighted by molar-refractivity contribution is 5.75. The van der Waals surface area contributed by atoms with E-state index in [1.165, 1.54) is 4.68 Å². The number of carbonyl (C=O) groups excluding carboxylic acids is 1. The van der Waals surface area contributed by atoms with Gasteiger partial charge >= 0.3 is 0 Å². The summed E-state index contributed by atoms with van der Waals surface area (Å²) in [6.07, 6.45) is 7.15. The first kappa shape index (κ1) is 8.55. The van der Waals surface area contributed by atoms with E-state index in [1.54, 1.807) is 31.7 Å². The lowest BCUT2D eigenvalue weighted by atomic mass is 10.3. The zero-order chi connectivity index (χ0) is 9.97. The molecule has 0 saturated heterocycles. The number of hydrogen-bond donors (Lipinski definition) is 0. The standard InChI is InChI=1S/C9H8N4O/c1-7-8(6-14)5-13(12-7)9-4-10-2-3-11-9/h2-6H,1H3. The molecular formula is C9H8N4O. The van der Waals surface area contributed by atoms with Crippen molar-refractivity contribution < 1.29 is 4.79 Å². The molecule has 0 atom stereocenters. The van der Waals surface area contributed by atoms with Gasteiger partial charge < -0.3 is 0 Å².